The number of hydrogen-bond donors (Lipinski definition) is 0. The van der Waals surface area contributed by atoms with Crippen molar-refractivity contribution in [2.24, 2.45) is 11.8 Å². The van der Waals surface area contributed by atoms with Gasteiger partial charge in [0, 0.05) is 36.1 Å². The van der Waals surface area contributed by atoms with Crippen molar-refractivity contribution < 1.29 is 14.3 Å². The summed E-state index contributed by atoms with van der Waals surface area (Å²) in [5, 5.41) is 4.76. The predicted octanol–water partition coefficient (Wildman–Crippen LogP) is 6.65. The van der Waals surface area contributed by atoms with E-state index in [9.17, 15) is 9.59 Å². The molecule has 3 aromatic heterocycles. The molecule has 3 heterocycles. The Morgan fingerprint density at radius 1 is 1.13 bits per heavy atom. The maximum absolute atomic E-state index is 13.7. The summed E-state index contributed by atoms with van der Waals surface area (Å²) in [5.41, 5.74) is 2.83. The molecular formula is C28H32ClN5O3S. The van der Waals surface area contributed by atoms with Crippen LogP contribution in [-0.4, -0.2) is 43.7 Å². The number of hydrogen-bond acceptors (Lipinski definition) is 6. The van der Waals surface area contributed by atoms with Crippen LogP contribution >= 0.6 is 22.9 Å². The molecule has 0 N–H and O–H groups in total. The monoisotopic (exact) mass is 553 g/mol. The third-order valence-electron chi connectivity index (χ3n) is 7.09. The van der Waals surface area contributed by atoms with E-state index >= 15 is 0 Å². The summed E-state index contributed by atoms with van der Waals surface area (Å²) in [7, 11) is 0. The number of halogens is 1. The van der Waals surface area contributed by atoms with Crippen LogP contribution in [0.15, 0.2) is 42.9 Å². The Hall–Kier alpha value is -3.17. The normalized spacial score (nSPS) is 17.7. The number of ether oxygens (including phenoxy) is 1. The summed E-state index contributed by atoms with van der Waals surface area (Å²) in [6.07, 6.45) is 9.23. The Morgan fingerprint density at radius 3 is 2.47 bits per heavy atom. The van der Waals surface area contributed by atoms with E-state index in [4.69, 9.17) is 21.4 Å². The van der Waals surface area contributed by atoms with Crippen molar-refractivity contribution in [2.75, 3.05) is 11.5 Å². The lowest BCUT2D eigenvalue weighted by Gasteiger charge is -2.32. The highest BCUT2D eigenvalue weighted by molar-refractivity contribution is 7.20. The maximum atomic E-state index is 13.7. The second-order valence-electron chi connectivity index (χ2n) is 10.2. The molecule has 4 aromatic rings. The van der Waals surface area contributed by atoms with Gasteiger partial charge in [-0.2, -0.15) is 0 Å². The molecule has 0 radical (unpaired) electrons. The molecule has 8 nitrogen and oxygen atoms in total. The van der Waals surface area contributed by atoms with E-state index in [1.54, 1.807) is 22.7 Å². The maximum Gasteiger partial charge on any atom is 0.343 e. The van der Waals surface area contributed by atoms with Crippen LogP contribution in [0.5, 0.6) is 0 Å². The van der Waals surface area contributed by atoms with Crippen LogP contribution in [-0.2, 0) is 9.53 Å². The average Bonchev–Trinajstić information content (AvgIpc) is 3.58. The molecule has 0 unspecified atom stereocenters. The fourth-order valence-corrected chi connectivity index (χ4v) is 6.03. The molecule has 0 saturated heterocycles. The van der Waals surface area contributed by atoms with E-state index in [0.717, 1.165) is 47.6 Å². The van der Waals surface area contributed by atoms with Crippen LogP contribution in [0.2, 0.25) is 4.34 Å². The lowest BCUT2D eigenvalue weighted by Crippen LogP contribution is -2.43. The molecule has 38 heavy (non-hydrogen) atoms. The number of anilines is 1. The minimum absolute atomic E-state index is 0.0258. The van der Waals surface area contributed by atoms with Gasteiger partial charge in [-0.3, -0.25) is 14.1 Å². The number of amides is 1. The van der Waals surface area contributed by atoms with Crippen molar-refractivity contribution in [1.29, 1.82) is 0 Å². The number of carbonyl (C=O) groups excluding carboxylic acids is 2. The predicted molar refractivity (Wildman–Crippen MR) is 150 cm³/mol. The van der Waals surface area contributed by atoms with Gasteiger partial charge in [-0.15, -0.1) is 5.10 Å². The van der Waals surface area contributed by atoms with Crippen molar-refractivity contribution in [3.05, 3.63) is 52.8 Å². The summed E-state index contributed by atoms with van der Waals surface area (Å²) in [6.45, 7) is 8.15. The Labute approximate surface area is 231 Å². The number of benzene rings is 1. The number of thiazole rings is 1. The van der Waals surface area contributed by atoms with Gasteiger partial charge in [0.15, 0.2) is 10.8 Å². The summed E-state index contributed by atoms with van der Waals surface area (Å²) >= 11 is 7.49. The first-order valence-electron chi connectivity index (χ1n) is 13.1. The largest absolute Gasteiger partial charge is 0.462 e. The zero-order valence-electron chi connectivity index (χ0n) is 22.1. The molecule has 10 heteroatoms. The van der Waals surface area contributed by atoms with Gasteiger partial charge in [-0.25, -0.2) is 14.5 Å². The highest BCUT2D eigenvalue weighted by Crippen LogP contribution is 2.33. The van der Waals surface area contributed by atoms with Gasteiger partial charge < -0.3 is 4.74 Å². The van der Waals surface area contributed by atoms with Crippen LogP contribution in [0.4, 0.5) is 5.82 Å². The molecule has 0 bridgehead atoms. The van der Waals surface area contributed by atoms with Gasteiger partial charge in [0.1, 0.15) is 9.90 Å². The zero-order chi connectivity index (χ0) is 27.0. The Kier molecular flexibility index (Phi) is 7.59. The number of nitrogens with zero attached hydrogens (tertiary/aromatic N) is 5. The van der Waals surface area contributed by atoms with E-state index in [1.165, 1.54) is 11.3 Å². The van der Waals surface area contributed by atoms with Crippen molar-refractivity contribution in [3.8, 4) is 16.9 Å². The number of rotatable bonds is 7. The average molecular weight is 554 g/mol. The Morgan fingerprint density at radius 2 is 1.84 bits per heavy atom. The first kappa shape index (κ1) is 26.4. The van der Waals surface area contributed by atoms with E-state index in [0.29, 0.717) is 16.1 Å². The van der Waals surface area contributed by atoms with Crippen molar-refractivity contribution in [3.63, 3.8) is 0 Å². The van der Waals surface area contributed by atoms with Crippen molar-refractivity contribution in [2.45, 2.75) is 59.4 Å². The number of imidazole rings is 1. The quantitative estimate of drug-likeness (QED) is 0.239. The SMILES string of the molecule is CCOC(=O)c1cn(-c2ccc(-c3cn4cc(Cl)sc4n3)cc2)nc1N(C(=O)[C@H]1CC[C@H](C)CC1)C(C)C. The standard InChI is InChI=1S/C28H32ClN5O3S/c1-5-37-27(36)22-14-33(31-25(22)34(17(2)3)26(35)20-8-6-18(4)7-9-20)21-12-10-19(11-13-21)23-15-32-16-24(29)38-28(32)30-23/h10-18,20H,5-9H2,1-4H3/t18-,20-. The minimum Gasteiger partial charge on any atom is -0.462 e. The van der Waals surface area contributed by atoms with Crippen LogP contribution in [0.3, 0.4) is 0 Å². The number of aromatic nitrogens is 4. The zero-order valence-corrected chi connectivity index (χ0v) is 23.6. The molecular weight excluding hydrogens is 522 g/mol. The number of carbonyl (C=O) groups is 2. The molecule has 0 aliphatic heterocycles. The summed E-state index contributed by atoms with van der Waals surface area (Å²) in [4.78, 5) is 33.8. The lowest BCUT2D eigenvalue weighted by atomic mass is 9.82. The van der Waals surface area contributed by atoms with E-state index in [2.05, 4.69) is 11.9 Å². The fraction of sp³-hybridized carbons (Fsp3) is 0.429. The molecule has 5 rings (SSSR count). The van der Waals surface area contributed by atoms with Gasteiger partial charge >= 0.3 is 5.97 Å². The second kappa shape index (κ2) is 10.9. The third-order valence-corrected chi connectivity index (χ3v) is 8.21. The molecule has 1 aliphatic rings. The van der Waals surface area contributed by atoms with Gasteiger partial charge in [-0.05, 0) is 64.5 Å². The third kappa shape index (κ3) is 5.22. The fourth-order valence-electron chi connectivity index (χ4n) is 5.03. The first-order valence-corrected chi connectivity index (χ1v) is 14.3. The van der Waals surface area contributed by atoms with Crippen LogP contribution in [0.1, 0.15) is 63.7 Å². The van der Waals surface area contributed by atoms with Crippen molar-refractivity contribution in [1.82, 2.24) is 19.2 Å². The van der Waals surface area contributed by atoms with E-state index in [1.807, 2.05) is 54.9 Å². The smallest absolute Gasteiger partial charge is 0.343 e. The second-order valence-corrected chi connectivity index (χ2v) is 11.8. The van der Waals surface area contributed by atoms with E-state index in [-0.39, 0.29) is 30.0 Å². The minimum atomic E-state index is -0.488. The van der Waals surface area contributed by atoms with Gasteiger partial charge in [0.25, 0.3) is 0 Å². The molecule has 1 fully saturated rings. The Bertz CT molecular complexity index is 1420. The molecule has 1 saturated carbocycles. The topological polar surface area (TPSA) is 81.7 Å². The lowest BCUT2D eigenvalue weighted by molar-refractivity contribution is -0.124. The van der Waals surface area contributed by atoms with Crippen LogP contribution < -0.4 is 4.90 Å². The molecule has 0 atom stereocenters. The summed E-state index contributed by atoms with van der Waals surface area (Å²) < 4.78 is 9.58. The summed E-state index contributed by atoms with van der Waals surface area (Å²) in [5.74, 6) is 0.459. The highest BCUT2D eigenvalue weighted by Gasteiger charge is 2.34. The summed E-state index contributed by atoms with van der Waals surface area (Å²) in [6, 6.07) is 7.60. The van der Waals surface area contributed by atoms with Crippen LogP contribution in [0, 0.1) is 11.8 Å². The van der Waals surface area contributed by atoms with Gasteiger partial charge in [0.2, 0.25) is 5.91 Å². The van der Waals surface area contributed by atoms with Crippen molar-refractivity contribution >= 4 is 45.6 Å². The molecule has 1 amide bonds. The van der Waals surface area contributed by atoms with Gasteiger partial charge in [0.05, 0.1) is 18.0 Å². The van der Waals surface area contributed by atoms with Gasteiger partial charge in [-0.1, -0.05) is 42.0 Å². The Balaban J connectivity index is 1.47. The highest BCUT2D eigenvalue weighted by atomic mass is 35.5. The van der Waals surface area contributed by atoms with Crippen LogP contribution in [0.25, 0.3) is 21.9 Å². The molecule has 1 aliphatic carbocycles. The first-order chi connectivity index (χ1) is 18.2. The number of esters is 1. The molecule has 1 aromatic carbocycles. The molecule has 0 spiro atoms. The van der Waals surface area contributed by atoms with E-state index < -0.39 is 5.97 Å². The number of fused-ring (bicyclic) bond motifs is 1. The molecule has 200 valence electrons.